The lowest BCUT2D eigenvalue weighted by Gasteiger charge is -2.23. The summed E-state index contributed by atoms with van der Waals surface area (Å²) < 4.78 is 5.51. The molecule has 4 rings (SSSR count). The van der Waals surface area contributed by atoms with Crippen molar-refractivity contribution in [2.24, 2.45) is 0 Å². The Kier molecular flexibility index (Phi) is 7.95. The van der Waals surface area contributed by atoms with E-state index in [1.807, 2.05) is 23.9 Å². The van der Waals surface area contributed by atoms with Crippen molar-refractivity contribution < 1.29 is 14.6 Å². The van der Waals surface area contributed by atoms with Gasteiger partial charge in [-0.05, 0) is 84.9 Å². The maximum Gasteiger partial charge on any atom is 0.341 e. The van der Waals surface area contributed by atoms with E-state index in [0.717, 1.165) is 50.3 Å². The fourth-order valence-electron chi connectivity index (χ4n) is 4.45. The molecule has 0 aromatic heterocycles. The van der Waals surface area contributed by atoms with Crippen LogP contribution in [0.3, 0.4) is 0 Å². The molecule has 172 valence electrons. The second-order valence-corrected chi connectivity index (χ2v) is 9.39. The van der Waals surface area contributed by atoms with Crippen molar-refractivity contribution in [2.75, 3.05) is 30.3 Å². The largest absolute Gasteiger partial charge is 0.482 e. The number of rotatable bonds is 11. The van der Waals surface area contributed by atoms with Crippen LogP contribution in [-0.2, 0) is 17.6 Å². The van der Waals surface area contributed by atoms with Crippen LogP contribution in [0.1, 0.15) is 30.9 Å². The van der Waals surface area contributed by atoms with E-state index in [0.29, 0.717) is 0 Å². The van der Waals surface area contributed by atoms with Crippen LogP contribution >= 0.6 is 11.8 Å². The molecule has 0 fully saturated rings. The fraction of sp³-hybridized carbons (Fsp3) is 0.321. The number of hydrogen-bond acceptors (Lipinski definition) is 4. The Labute approximate surface area is 200 Å². The van der Waals surface area contributed by atoms with Crippen molar-refractivity contribution in [3.8, 4) is 16.9 Å². The third kappa shape index (κ3) is 5.91. The monoisotopic (exact) mass is 461 g/mol. The zero-order chi connectivity index (χ0) is 23.0. The third-order valence-electron chi connectivity index (χ3n) is 6.10. The minimum absolute atomic E-state index is 0.280. The summed E-state index contributed by atoms with van der Waals surface area (Å²) >= 11 is 1.91. The Hall–Kier alpha value is -2.92. The van der Waals surface area contributed by atoms with Gasteiger partial charge in [-0.15, -0.1) is 11.8 Å². The van der Waals surface area contributed by atoms with E-state index in [1.165, 1.54) is 32.8 Å². The Morgan fingerprint density at radius 1 is 0.970 bits per heavy atom. The average molecular weight is 462 g/mol. The van der Waals surface area contributed by atoms with Gasteiger partial charge in [-0.1, -0.05) is 42.5 Å². The zero-order valence-corrected chi connectivity index (χ0v) is 19.9. The molecule has 0 amide bonds. The first kappa shape index (κ1) is 23.2. The third-order valence-corrected chi connectivity index (χ3v) is 7.29. The first-order valence-corrected chi connectivity index (χ1v) is 12.7. The molecular weight excluding hydrogens is 430 g/mol. The molecule has 1 N–H and O–H groups in total. The predicted octanol–water partition coefficient (Wildman–Crippen LogP) is 6.31. The molecule has 0 heterocycles. The highest BCUT2D eigenvalue weighted by Crippen LogP contribution is 2.38. The van der Waals surface area contributed by atoms with Crippen molar-refractivity contribution in [1.29, 1.82) is 0 Å². The number of fused-ring (bicyclic) bond motifs is 1. The van der Waals surface area contributed by atoms with Crippen LogP contribution in [0.15, 0.2) is 71.6 Å². The number of benzene rings is 3. The van der Waals surface area contributed by atoms with E-state index >= 15 is 0 Å². The van der Waals surface area contributed by atoms with E-state index < -0.39 is 5.97 Å². The number of nitrogens with zero attached hydrogens (tertiary/aromatic N) is 1. The van der Waals surface area contributed by atoms with Crippen LogP contribution in [0.2, 0.25) is 0 Å². The van der Waals surface area contributed by atoms with Gasteiger partial charge in [0.2, 0.25) is 0 Å². The number of anilines is 1. The number of carboxylic acids is 1. The van der Waals surface area contributed by atoms with Gasteiger partial charge in [0, 0.05) is 23.7 Å². The van der Waals surface area contributed by atoms with E-state index in [1.54, 1.807) is 0 Å². The number of hydrogen-bond donors (Lipinski definition) is 1. The molecule has 4 nitrogen and oxygen atoms in total. The smallest absolute Gasteiger partial charge is 0.341 e. The molecule has 0 bridgehead atoms. The van der Waals surface area contributed by atoms with Gasteiger partial charge in [0.25, 0.3) is 0 Å². The van der Waals surface area contributed by atoms with E-state index in [-0.39, 0.29) is 6.61 Å². The number of ether oxygens (including phenoxy) is 1. The minimum Gasteiger partial charge on any atom is -0.482 e. The van der Waals surface area contributed by atoms with Crippen LogP contribution < -0.4 is 9.64 Å². The molecule has 33 heavy (non-hydrogen) atoms. The standard InChI is InChI=1S/C28H31NO3S/c1-2-29(23-14-12-22(13-15-23)21-8-4-3-5-9-21)18-7-19-33-27-17-16-26(32-20-28(30)31)24-10-6-11-25(24)27/h3-5,8-9,12-17H,2,6-7,10-11,18-20H2,1H3,(H,30,31). The first-order valence-electron chi connectivity index (χ1n) is 11.7. The maximum atomic E-state index is 10.8. The Balaban J connectivity index is 1.32. The lowest BCUT2D eigenvalue weighted by molar-refractivity contribution is -0.139. The summed E-state index contributed by atoms with van der Waals surface area (Å²) in [4.78, 5) is 14.6. The second kappa shape index (κ2) is 11.3. The molecule has 0 unspecified atom stereocenters. The SMILES string of the molecule is CCN(CCCSc1ccc(OCC(=O)O)c2c1CCC2)c1ccc(-c2ccccc2)cc1. The molecule has 0 saturated carbocycles. The molecule has 3 aromatic carbocycles. The summed E-state index contributed by atoms with van der Waals surface area (Å²) in [5.41, 5.74) is 6.32. The molecule has 0 spiro atoms. The number of aliphatic carboxylic acids is 1. The van der Waals surface area contributed by atoms with Crippen molar-refractivity contribution >= 4 is 23.4 Å². The zero-order valence-electron chi connectivity index (χ0n) is 19.1. The maximum absolute atomic E-state index is 10.8. The lowest BCUT2D eigenvalue weighted by Crippen LogP contribution is -2.24. The second-order valence-electron chi connectivity index (χ2n) is 8.25. The van der Waals surface area contributed by atoms with Crippen molar-refractivity contribution in [2.45, 2.75) is 37.5 Å². The predicted molar refractivity (Wildman–Crippen MR) is 137 cm³/mol. The van der Waals surface area contributed by atoms with Gasteiger partial charge >= 0.3 is 5.97 Å². The van der Waals surface area contributed by atoms with Crippen LogP contribution in [-0.4, -0.2) is 36.5 Å². The molecule has 1 aliphatic rings. The fourth-order valence-corrected chi connectivity index (χ4v) is 5.51. The van der Waals surface area contributed by atoms with Crippen molar-refractivity contribution in [3.63, 3.8) is 0 Å². The highest BCUT2D eigenvalue weighted by Gasteiger charge is 2.20. The van der Waals surface area contributed by atoms with Crippen molar-refractivity contribution in [3.05, 3.63) is 77.9 Å². The summed E-state index contributed by atoms with van der Waals surface area (Å²) in [6.45, 7) is 3.94. The van der Waals surface area contributed by atoms with E-state index in [2.05, 4.69) is 66.4 Å². The molecule has 5 heteroatoms. The highest BCUT2D eigenvalue weighted by molar-refractivity contribution is 7.99. The van der Waals surface area contributed by atoms with Gasteiger partial charge < -0.3 is 14.7 Å². The Bertz CT molecular complexity index is 1070. The molecule has 1 aliphatic carbocycles. The highest BCUT2D eigenvalue weighted by atomic mass is 32.2. The quantitative estimate of drug-likeness (QED) is 0.268. The van der Waals surface area contributed by atoms with Gasteiger partial charge in [0.15, 0.2) is 6.61 Å². The summed E-state index contributed by atoms with van der Waals surface area (Å²) in [5, 5.41) is 8.90. The molecule has 0 saturated heterocycles. The number of carboxylic acid groups (broad SMARTS) is 1. The molecule has 0 aliphatic heterocycles. The lowest BCUT2D eigenvalue weighted by atomic mass is 10.1. The van der Waals surface area contributed by atoms with Gasteiger partial charge in [-0.25, -0.2) is 4.79 Å². The summed E-state index contributed by atoms with van der Waals surface area (Å²) in [7, 11) is 0. The van der Waals surface area contributed by atoms with E-state index in [9.17, 15) is 4.79 Å². The van der Waals surface area contributed by atoms with Crippen molar-refractivity contribution in [1.82, 2.24) is 0 Å². The Morgan fingerprint density at radius 3 is 2.42 bits per heavy atom. The summed E-state index contributed by atoms with van der Waals surface area (Å²) in [5.74, 6) is 0.862. The first-order chi connectivity index (χ1) is 16.2. The average Bonchev–Trinajstić information content (AvgIpc) is 3.34. The molecule has 0 atom stereocenters. The Morgan fingerprint density at radius 2 is 1.70 bits per heavy atom. The topological polar surface area (TPSA) is 49.8 Å². The van der Waals surface area contributed by atoms with Crippen LogP contribution in [0.5, 0.6) is 5.75 Å². The molecule has 0 radical (unpaired) electrons. The number of carbonyl (C=O) groups is 1. The van der Waals surface area contributed by atoms with Gasteiger partial charge in [-0.2, -0.15) is 0 Å². The van der Waals surface area contributed by atoms with Gasteiger partial charge in [0.05, 0.1) is 0 Å². The molecular formula is C28H31NO3S. The molecule has 3 aromatic rings. The minimum atomic E-state index is -0.935. The van der Waals surface area contributed by atoms with Crippen LogP contribution in [0, 0.1) is 0 Å². The van der Waals surface area contributed by atoms with Crippen LogP contribution in [0.4, 0.5) is 5.69 Å². The summed E-state index contributed by atoms with van der Waals surface area (Å²) in [6.07, 6.45) is 4.24. The van der Waals surface area contributed by atoms with Crippen LogP contribution in [0.25, 0.3) is 11.1 Å². The normalized spacial score (nSPS) is 12.4. The summed E-state index contributed by atoms with van der Waals surface area (Å²) in [6, 6.07) is 23.4. The van der Waals surface area contributed by atoms with Gasteiger partial charge in [0.1, 0.15) is 5.75 Å². The number of thioether (sulfide) groups is 1. The van der Waals surface area contributed by atoms with E-state index in [4.69, 9.17) is 9.84 Å². The van der Waals surface area contributed by atoms with Gasteiger partial charge in [-0.3, -0.25) is 0 Å².